The van der Waals surface area contributed by atoms with Crippen LogP contribution in [0.5, 0.6) is 0 Å². The molecule has 3 heteroatoms. The molecule has 3 nitrogen and oxygen atoms in total. The third-order valence-electron chi connectivity index (χ3n) is 1.60. The number of carbonyl (C=O) groups excluding carboxylic acids is 1. The number of nitrogens with one attached hydrogen (secondary N) is 1. The number of aromatic nitrogens is 1. The smallest absolute Gasteiger partial charge is 0.211 e. The average molecular weight is 174 g/mol. The normalized spacial score (nSPS) is 11.7. The fourth-order valence-electron chi connectivity index (χ4n) is 0.993. The van der Waals surface area contributed by atoms with Crippen LogP contribution in [0.2, 0.25) is 0 Å². The molecule has 0 spiro atoms. The average Bonchev–Trinajstić information content (AvgIpc) is 2.16. The Morgan fingerprint density at radius 3 is 2.92 bits per heavy atom. The summed E-state index contributed by atoms with van der Waals surface area (Å²) in [6, 6.07) is 3.60. The minimum Gasteiger partial charge on any atom is -0.328 e. The van der Waals surface area contributed by atoms with Crippen molar-refractivity contribution in [2.75, 3.05) is 0 Å². The molecule has 0 bridgehead atoms. The second-order valence-corrected chi connectivity index (χ2v) is 2.38. The zero-order valence-corrected chi connectivity index (χ0v) is 7.16. The van der Waals surface area contributed by atoms with E-state index in [1.807, 2.05) is 6.07 Å². The zero-order chi connectivity index (χ0) is 9.68. The molecule has 0 atom stereocenters. The highest BCUT2D eigenvalue weighted by Crippen LogP contribution is 1.82. The summed E-state index contributed by atoms with van der Waals surface area (Å²) in [5.41, 5.74) is 0.619. The first-order valence-electron chi connectivity index (χ1n) is 3.76. The maximum absolute atomic E-state index is 10.2. The molecule has 1 amide bonds. The Hall–Kier alpha value is -1.90. The molecule has 66 valence electrons. The molecule has 0 saturated heterocycles. The molecule has 1 heterocycles. The highest BCUT2D eigenvalue weighted by Gasteiger charge is 1.91. The van der Waals surface area contributed by atoms with E-state index in [9.17, 15) is 4.79 Å². The minimum atomic E-state index is 0.601. The lowest BCUT2D eigenvalue weighted by Gasteiger charge is -1.97. The molecule has 1 aromatic heterocycles. The van der Waals surface area contributed by atoms with Crippen LogP contribution in [0.15, 0.2) is 31.0 Å². The van der Waals surface area contributed by atoms with Crippen LogP contribution in [0, 0.1) is 0 Å². The van der Waals surface area contributed by atoms with Gasteiger partial charge in [-0.2, -0.15) is 0 Å². The molecule has 1 aromatic rings. The Bertz CT molecular complexity index is 423. The highest BCUT2D eigenvalue weighted by atomic mass is 16.1. The lowest BCUT2D eigenvalue weighted by molar-refractivity contribution is -0.108. The summed E-state index contributed by atoms with van der Waals surface area (Å²) in [4.78, 5) is 14.2. The van der Waals surface area contributed by atoms with Gasteiger partial charge in [0.1, 0.15) is 0 Å². The van der Waals surface area contributed by atoms with Crippen molar-refractivity contribution in [2.45, 2.75) is 0 Å². The van der Waals surface area contributed by atoms with E-state index < -0.39 is 0 Å². The minimum absolute atomic E-state index is 0.601. The van der Waals surface area contributed by atoms with Crippen molar-refractivity contribution in [2.24, 2.45) is 0 Å². The summed E-state index contributed by atoms with van der Waals surface area (Å²) in [6.45, 7) is 7.32. The van der Waals surface area contributed by atoms with Crippen LogP contribution in [0.1, 0.15) is 0 Å². The second kappa shape index (κ2) is 4.21. The molecule has 0 fully saturated rings. The van der Waals surface area contributed by atoms with Gasteiger partial charge in [0.2, 0.25) is 6.41 Å². The molecule has 1 N–H and O–H groups in total. The topological polar surface area (TPSA) is 42.0 Å². The third kappa shape index (κ3) is 2.02. The Balaban J connectivity index is 3.45. The van der Waals surface area contributed by atoms with Crippen molar-refractivity contribution in [3.05, 3.63) is 41.6 Å². The van der Waals surface area contributed by atoms with Crippen LogP contribution >= 0.6 is 0 Å². The third-order valence-corrected chi connectivity index (χ3v) is 1.60. The van der Waals surface area contributed by atoms with Gasteiger partial charge in [-0.25, -0.2) is 0 Å². The van der Waals surface area contributed by atoms with Crippen LogP contribution in [0.3, 0.4) is 0 Å². The quantitative estimate of drug-likeness (QED) is 0.630. The number of carbonyl (C=O) groups is 1. The van der Waals surface area contributed by atoms with Crippen molar-refractivity contribution in [3.63, 3.8) is 0 Å². The van der Waals surface area contributed by atoms with Gasteiger partial charge in [0, 0.05) is 17.1 Å². The maximum atomic E-state index is 10.2. The predicted molar refractivity (Wildman–Crippen MR) is 51.8 cm³/mol. The first-order valence-corrected chi connectivity index (χ1v) is 3.76. The molecule has 13 heavy (non-hydrogen) atoms. The molecule has 0 unspecified atom stereocenters. The van der Waals surface area contributed by atoms with E-state index in [1.54, 1.807) is 18.3 Å². The van der Waals surface area contributed by atoms with Crippen LogP contribution in [-0.2, 0) is 4.79 Å². The van der Waals surface area contributed by atoms with Crippen LogP contribution < -0.4 is 15.9 Å². The molecule has 0 aromatic carbocycles. The van der Waals surface area contributed by atoms with Gasteiger partial charge in [-0.15, -0.1) is 0 Å². The largest absolute Gasteiger partial charge is 0.328 e. The van der Waals surface area contributed by atoms with Gasteiger partial charge in [0.25, 0.3) is 0 Å². The number of hydrogen-bond donors (Lipinski definition) is 1. The SMILES string of the molecule is C=C/C(NC=O)=c1/cccnc1=C. The maximum Gasteiger partial charge on any atom is 0.211 e. The molecule has 0 aliphatic carbocycles. The number of hydrogen-bond acceptors (Lipinski definition) is 2. The van der Waals surface area contributed by atoms with E-state index in [2.05, 4.69) is 23.5 Å². The summed E-state index contributed by atoms with van der Waals surface area (Å²) >= 11 is 0. The summed E-state index contributed by atoms with van der Waals surface area (Å²) in [7, 11) is 0. The summed E-state index contributed by atoms with van der Waals surface area (Å²) in [5, 5.41) is 3.93. The lowest BCUT2D eigenvalue weighted by atomic mass is 10.3. The fourth-order valence-corrected chi connectivity index (χ4v) is 0.993. The monoisotopic (exact) mass is 174 g/mol. The number of nitrogens with zero attached hydrogens (tertiary/aromatic N) is 1. The summed E-state index contributed by atoms with van der Waals surface area (Å²) in [6.07, 6.45) is 3.80. The van der Waals surface area contributed by atoms with Gasteiger partial charge in [-0.3, -0.25) is 9.78 Å². The van der Waals surface area contributed by atoms with E-state index in [4.69, 9.17) is 0 Å². The Labute approximate surface area is 76.1 Å². The van der Waals surface area contributed by atoms with Gasteiger partial charge >= 0.3 is 0 Å². The first kappa shape index (κ1) is 9.19. The molecular formula is C10H10N2O. The predicted octanol–water partition coefficient (Wildman–Crippen LogP) is -0.468. The second-order valence-electron chi connectivity index (χ2n) is 2.38. The van der Waals surface area contributed by atoms with E-state index in [0.29, 0.717) is 17.5 Å². The van der Waals surface area contributed by atoms with Crippen molar-refractivity contribution >= 4 is 18.7 Å². The lowest BCUT2D eigenvalue weighted by Crippen LogP contribution is -2.31. The van der Waals surface area contributed by atoms with Gasteiger partial charge in [0.05, 0.1) is 5.35 Å². The molecule has 1 rings (SSSR count). The Morgan fingerprint density at radius 2 is 2.38 bits per heavy atom. The zero-order valence-electron chi connectivity index (χ0n) is 7.16. The number of amides is 1. The summed E-state index contributed by atoms with van der Waals surface area (Å²) in [5.74, 6) is 0. The molecule has 0 saturated carbocycles. The fraction of sp³-hybridized carbons (Fsp3) is 0. The van der Waals surface area contributed by atoms with Crippen LogP contribution in [-0.4, -0.2) is 11.4 Å². The summed E-state index contributed by atoms with van der Waals surface area (Å²) < 4.78 is 0. The first-order chi connectivity index (χ1) is 6.29. The standard InChI is InChI=1S/C10H10N2O/c1-3-10(12-7-13)9-5-4-6-11-8(9)2/h3-7H,1-2H2,(H,12,13)/b10-9+. The molecule has 0 aliphatic heterocycles. The van der Waals surface area contributed by atoms with E-state index in [1.165, 1.54) is 0 Å². The van der Waals surface area contributed by atoms with Crippen LogP contribution in [0.25, 0.3) is 12.3 Å². The highest BCUT2D eigenvalue weighted by molar-refractivity contribution is 5.67. The molecule has 0 radical (unpaired) electrons. The van der Waals surface area contributed by atoms with Gasteiger partial charge in [-0.1, -0.05) is 13.2 Å². The van der Waals surface area contributed by atoms with E-state index >= 15 is 0 Å². The van der Waals surface area contributed by atoms with E-state index in [-0.39, 0.29) is 0 Å². The number of rotatable bonds is 3. The number of pyridine rings is 1. The Morgan fingerprint density at radius 1 is 1.62 bits per heavy atom. The Kier molecular flexibility index (Phi) is 2.97. The molecule has 0 aliphatic rings. The van der Waals surface area contributed by atoms with Crippen molar-refractivity contribution < 1.29 is 4.79 Å². The van der Waals surface area contributed by atoms with Crippen molar-refractivity contribution in [3.8, 4) is 0 Å². The molecular weight excluding hydrogens is 164 g/mol. The van der Waals surface area contributed by atoms with Gasteiger partial charge < -0.3 is 5.32 Å². The van der Waals surface area contributed by atoms with Crippen LogP contribution in [0.4, 0.5) is 0 Å². The van der Waals surface area contributed by atoms with Crippen molar-refractivity contribution in [1.82, 2.24) is 10.3 Å². The van der Waals surface area contributed by atoms with Crippen molar-refractivity contribution in [1.29, 1.82) is 0 Å². The van der Waals surface area contributed by atoms with Gasteiger partial charge in [0.15, 0.2) is 0 Å². The van der Waals surface area contributed by atoms with E-state index in [0.717, 1.165) is 5.22 Å². The van der Waals surface area contributed by atoms with Gasteiger partial charge in [-0.05, 0) is 18.2 Å².